The molecule has 1 heterocycles. The zero-order valence-electron chi connectivity index (χ0n) is 18.4. The summed E-state index contributed by atoms with van der Waals surface area (Å²) in [7, 11) is 0. The molecule has 2 amide bonds. The van der Waals surface area contributed by atoms with Crippen LogP contribution in [0.2, 0.25) is 0 Å². The number of nitrogens with zero attached hydrogens (tertiary/aromatic N) is 1. The summed E-state index contributed by atoms with van der Waals surface area (Å²) in [5.41, 5.74) is 4.43. The first-order valence-corrected chi connectivity index (χ1v) is 11.0. The van der Waals surface area contributed by atoms with Gasteiger partial charge in [-0.25, -0.2) is 4.79 Å². The number of fused-ring (bicyclic) bond motifs is 3. The number of carboxylic acids is 1. The standard InChI is InChI=1S/C26H26N2O5/c1-3-8-23(24(29)28-14-13-17(16(28)2)25(30)31)27-26(32)33-15-22-20-11-6-4-9-18(20)19-10-5-7-12-21(19)22/h1,4-7,9-12,16-17,22-23H,8,13-15H2,2H3,(H,27,32)(H,30,31). The summed E-state index contributed by atoms with van der Waals surface area (Å²) in [5.74, 6) is 0.363. The predicted octanol–water partition coefficient (Wildman–Crippen LogP) is 3.24. The molecule has 2 aromatic rings. The average molecular weight is 447 g/mol. The Kier molecular flexibility index (Phi) is 6.36. The predicted molar refractivity (Wildman–Crippen MR) is 122 cm³/mol. The Morgan fingerprint density at radius 1 is 1.15 bits per heavy atom. The number of alkyl carbamates (subject to hydrolysis) is 1. The molecule has 0 spiro atoms. The molecule has 33 heavy (non-hydrogen) atoms. The van der Waals surface area contributed by atoms with E-state index >= 15 is 0 Å². The van der Waals surface area contributed by atoms with E-state index in [0.29, 0.717) is 13.0 Å². The molecule has 2 aromatic carbocycles. The fraction of sp³-hybridized carbons (Fsp3) is 0.346. The number of benzene rings is 2. The Morgan fingerprint density at radius 3 is 2.30 bits per heavy atom. The van der Waals surface area contributed by atoms with Crippen LogP contribution in [0, 0.1) is 18.3 Å². The second-order valence-electron chi connectivity index (χ2n) is 8.44. The summed E-state index contributed by atoms with van der Waals surface area (Å²) in [6.07, 6.45) is 5.06. The third kappa shape index (κ3) is 4.29. The maximum Gasteiger partial charge on any atom is 0.407 e. The summed E-state index contributed by atoms with van der Waals surface area (Å²) in [4.78, 5) is 38.5. The summed E-state index contributed by atoms with van der Waals surface area (Å²) < 4.78 is 5.53. The maximum absolute atomic E-state index is 13.0. The maximum atomic E-state index is 13.0. The number of carbonyl (C=O) groups excluding carboxylic acids is 2. The van der Waals surface area contributed by atoms with Crippen molar-refractivity contribution in [1.82, 2.24) is 10.2 Å². The molecule has 3 atom stereocenters. The topological polar surface area (TPSA) is 95.9 Å². The number of terminal acetylenes is 1. The molecular weight excluding hydrogens is 420 g/mol. The van der Waals surface area contributed by atoms with Crippen molar-refractivity contribution in [2.45, 2.75) is 37.8 Å². The molecule has 1 aliphatic carbocycles. The zero-order chi connectivity index (χ0) is 23.5. The number of ether oxygens (including phenoxy) is 1. The molecule has 0 saturated carbocycles. The Hall–Kier alpha value is -3.79. The largest absolute Gasteiger partial charge is 0.481 e. The van der Waals surface area contributed by atoms with E-state index in [2.05, 4.69) is 23.4 Å². The van der Waals surface area contributed by atoms with Crippen molar-refractivity contribution in [3.05, 3.63) is 59.7 Å². The molecular formula is C26H26N2O5. The molecule has 7 nitrogen and oxygen atoms in total. The lowest BCUT2D eigenvalue weighted by Gasteiger charge is -2.27. The highest BCUT2D eigenvalue weighted by atomic mass is 16.5. The van der Waals surface area contributed by atoms with Crippen molar-refractivity contribution in [2.75, 3.05) is 13.2 Å². The van der Waals surface area contributed by atoms with Crippen LogP contribution in [0.1, 0.15) is 36.8 Å². The molecule has 1 aliphatic heterocycles. The second-order valence-corrected chi connectivity index (χ2v) is 8.44. The Labute approximate surface area is 192 Å². The number of carbonyl (C=O) groups is 3. The fourth-order valence-electron chi connectivity index (χ4n) is 4.88. The zero-order valence-corrected chi connectivity index (χ0v) is 18.4. The van der Waals surface area contributed by atoms with Gasteiger partial charge in [-0.2, -0.15) is 0 Å². The lowest BCUT2D eigenvalue weighted by Crippen LogP contribution is -2.50. The fourth-order valence-corrected chi connectivity index (χ4v) is 4.88. The van der Waals surface area contributed by atoms with Crippen molar-refractivity contribution >= 4 is 18.0 Å². The van der Waals surface area contributed by atoms with Gasteiger partial charge >= 0.3 is 12.1 Å². The number of likely N-dealkylation sites (tertiary alicyclic amines) is 1. The first-order chi connectivity index (χ1) is 15.9. The smallest absolute Gasteiger partial charge is 0.407 e. The molecule has 4 rings (SSSR count). The van der Waals surface area contributed by atoms with Crippen LogP contribution in [0.4, 0.5) is 4.79 Å². The highest BCUT2D eigenvalue weighted by molar-refractivity contribution is 5.87. The van der Waals surface area contributed by atoms with Gasteiger partial charge in [-0.05, 0) is 35.6 Å². The van der Waals surface area contributed by atoms with Gasteiger partial charge in [-0.15, -0.1) is 12.3 Å². The highest BCUT2D eigenvalue weighted by Gasteiger charge is 2.40. The van der Waals surface area contributed by atoms with E-state index in [0.717, 1.165) is 22.3 Å². The summed E-state index contributed by atoms with van der Waals surface area (Å²) in [6.45, 7) is 2.13. The third-order valence-corrected chi connectivity index (χ3v) is 6.61. The molecule has 1 saturated heterocycles. The monoisotopic (exact) mass is 446 g/mol. The van der Waals surface area contributed by atoms with Gasteiger partial charge in [-0.1, -0.05) is 48.5 Å². The summed E-state index contributed by atoms with van der Waals surface area (Å²) in [5, 5.41) is 11.9. The minimum Gasteiger partial charge on any atom is -0.481 e. The quantitative estimate of drug-likeness (QED) is 0.664. The second kappa shape index (κ2) is 9.37. The van der Waals surface area contributed by atoms with Gasteiger partial charge in [0.05, 0.1) is 5.92 Å². The van der Waals surface area contributed by atoms with Crippen LogP contribution < -0.4 is 5.32 Å². The normalized spacial score (nSPS) is 19.8. The first-order valence-electron chi connectivity index (χ1n) is 11.0. The lowest BCUT2D eigenvalue weighted by atomic mass is 9.98. The van der Waals surface area contributed by atoms with Crippen LogP contribution in [0.25, 0.3) is 11.1 Å². The third-order valence-electron chi connectivity index (χ3n) is 6.61. The molecule has 0 bridgehead atoms. The molecule has 0 radical (unpaired) electrons. The van der Waals surface area contributed by atoms with Crippen LogP contribution in [-0.4, -0.2) is 53.2 Å². The van der Waals surface area contributed by atoms with Gasteiger partial charge in [0.1, 0.15) is 12.6 Å². The van der Waals surface area contributed by atoms with Crippen LogP contribution in [0.15, 0.2) is 48.5 Å². The van der Waals surface area contributed by atoms with E-state index in [9.17, 15) is 19.5 Å². The van der Waals surface area contributed by atoms with Gasteiger partial charge in [0.25, 0.3) is 0 Å². The van der Waals surface area contributed by atoms with Gasteiger partial charge in [0, 0.05) is 24.9 Å². The van der Waals surface area contributed by atoms with Crippen LogP contribution in [0.3, 0.4) is 0 Å². The van der Waals surface area contributed by atoms with Gasteiger partial charge < -0.3 is 20.1 Å². The lowest BCUT2D eigenvalue weighted by molar-refractivity contribution is -0.143. The summed E-state index contributed by atoms with van der Waals surface area (Å²) >= 11 is 0. The van der Waals surface area contributed by atoms with Crippen molar-refractivity contribution in [1.29, 1.82) is 0 Å². The number of hydrogen-bond donors (Lipinski definition) is 2. The van der Waals surface area contributed by atoms with E-state index < -0.39 is 36.0 Å². The Bertz CT molecular complexity index is 1080. The van der Waals surface area contributed by atoms with Crippen LogP contribution >= 0.6 is 0 Å². The number of rotatable bonds is 6. The molecule has 3 unspecified atom stereocenters. The number of amides is 2. The number of nitrogens with one attached hydrogen (secondary N) is 1. The molecule has 170 valence electrons. The number of hydrogen-bond acceptors (Lipinski definition) is 4. The molecule has 2 N–H and O–H groups in total. The van der Waals surface area contributed by atoms with Gasteiger partial charge in [-0.3, -0.25) is 9.59 Å². The van der Waals surface area contributed by atoms with Crippen LogP contribution in [-0.2, 0) is 14.3 Å². The van der Waals surface area contributed by atoms with E-state index in [1.807, 2.05) is 36.4 Å². The Balaban J connectivity index is 1.42. The van der Waals surface area contributed by atoms with Crippen molar-refractivity contribution < 1.29 is 24.2 Å². The van der Waals surface area contributed by atoms with Gasteiger partial charge in [0.15, 0.2) is 0 Å². The molecule has 0 aromatic heterocycles. The highest BCUT2D eigenvalue weighted by Crippen LogP contribution is 2.44. The van der Waals surface area contributed by atoms with Crippen LogP contribution in [0.5, 0.6) is 0 Å². The minimum absolute atomic E-state index is 0.00993. The van der Waals surface area contributed by atoms with E-state index in [1.165, 1.54) is 4.90 Å². The van der Waals surface area contributed by atoms with E-state index in [1.54, 1.807) is 6.92 Å². The van der Waals surface area contributed by atoms with E-state index in [4.69, 9.17) is 11.2 Å². The molecule has 1 fully saturated rings. The number of carboxylic acid groups (broad SMARTS) is 1. The van der Waals surface area contributed by atoms with Crippen molar-refractivity contribution in [3.8, 4) is 23.5 Å². The first kappa shape index (κ1) is 22.4. The van der Waals surface area contributed by atoms with Gasteiger partial charge in [0.2, 0.25) is 5.91 Å². The molecule has 2 aliphatic rings. The summed E-state index contributed by atoms with van der Waals surface area (Å²) in [6, 6.07) is 14.6. The van der Waals surface area contributed by atoms with Crippen molar-refractivity contribution in [3.63, 3.8) is 0 Å². The minimum atomic E-state index is -0.972. The van der Waals surface area contributed by atoms with E-state index in [-0.39, 0.29) is 18.9 Å². The number of aliphatic carboxylic acids is 1. The SMILES string of the molecule is C#CCC(NC(=O)OCC1c2ccccc2-c2ccccc21)C(=O)N1CCC(C(=O)O)C1C. The van der Waals surface area contributed by atoms with Crippen molar-refractivity contribution in [2.24, 2.45) is 5.92 Å². The Morgan fingerprint density at radius 2 is 1.76 bits per heavy atom. The average Bonchev–Trinajstić information content (AvgIpc) is 3.35. The molecule has 7 heteroatoms.